The SMILES string of the molecule is Nc1ccc(C(N)P)cc1. The Labute approximate surface area is 62.8 Å². The Morgan fingerprint density at radius 3 is 2.10 bits per heavy atom. The van der Waals surface area contributed by atoms with Crippen LogP contribution in [0.1, 0.15) is 11.3 Å². The molecule has 1 rings (SSSR count). The Morgan fingerprint density at radius 1 is 1.20 bits per heavy atom. The van der Waals surface area contributed by atoms with Gasteiger partial charge < -0.3 is 11.5 Å². The summed E-state index contributed by atoms with van der Waals surface area (Å²) in [4.78, 5) is 0. The zero-order valence-corrected chi connectivity index (χ0v) is 6.77. The molecule has 0 heterocycles. The molecule has 1 aromatic rings. The molecule has 0 fully saturated rings. The highest BCUT2D eigenvalue weighted by molar-refractivity contribution is 7.17. The standard InChI is InChI=1S/C7H11N2P/c8-6-3-1-5(2-4-6)7(9)10/h1-4,7H,8-10H2. The molecular formula is C7H11N2P. The molecular weight excluding hydrogens is 143 g/mol. The van der Waals surface area contributed by atoms with Gasteiger partial charge in [-0.2, -0.15) is 0 Å². The maximum atomic E-state index is 5.59. The largest absolute Gasteiger partial charge is 0.399 e. The van der Waals surface area contributed by atoms with Gasteiger partial charge in [0.15, 0.2) is 0 Å². The van der Waals surface area contributed by atoms with Crippen LogP contribution in [-0.2, 0) is 0 Å². The summed E-state index contributed by atoms with van der Waals surface area (Å²) in [6.45, 7) is 0. The van der Waals surface area contributed by atoms with Crippen molar-refractivity contribution in [1.82, 2.24) is 0 Å². The van der Waals surface area contributed by atoms with Crippen LogP contribution in [0.15, 0.2) is 24.3 Å². The summed E-state index contributed by atoms with van der Waals surface area (Å²) in [5, 5.41) is 0. The molecule has 0 spiro atoms. The van der Waals surface area contributed by atoms with Gasteiger partial charge in [0.25, 0.3) is 0 Å². The molecule has 2 atom stereocenters. The zero-order valence-electron chi connectivity index (χ0n) is 5.62. The first-order chi connectivity index (χ1) is 4.70. The molecule has 0 aliphatic rings. The Bertz CT molecular complexity index is 205. The van der Waals surface area contributed by atoms with Crippen LogP contribution >= 0.6 is 9.24 Å². The number of benzene rings is 1. The van der Waals surface area contributed by atoms with Gasteiger partial charge in [-0.25, -0.2) is 0 Å². The van der Waals surface area contributed by atoms with E-state index in [1.54, 1.807) is 0 Å². The minimum Gasteiger partial charge on any atom is -0.399 e. The average molecular weight is 154 g/mol. The Kier molecular flexibility index (Phi) is 2.25. The minimum atomic E-state index is 0.0144. The van der Waals surface area contributed by atoms with Crippen molar-refractivity contribution < 1.29 is 0 Å². The second-order valence-electron chi connectivity index (χ2n) is 2.19. The lowest BCUT2D eigenvalue weighted by molar-refractivity contribution is 1.04. The number of hydrogen-bond donors (Lipinski definition) is 2. The highest BCUT2D eigenvalue weighted by Crippen LogP contribution is 2.17. The van der Waals surface area contributed by atoms with Crippen LogP contribution in [0.25, 0.3) is 0 Å². The van der Waals surface area contributed by atoms with E-state index in [9.17, 15) is 0 Å². The van der Waals surface area contributed by atoms with Crippen molar-refractivity contribution in [2.24, 2.45) is 5.73 Å². The van der Waals surface area contributed by atoms with Crippen LogP contribution in [0.5, 0.6) is 0 Å². The fourth-order valence-corrected chi connectivity index (χ4v) is 0.940. The Hall–Kier alpha value is -0.590. The topological polar surface area (TPSA) is 52.0 Å². The van der Waals surface area contributed by atoms with Gasteiger partial charge in [0, 0.05) is 11.5 Å². The van der Waals surface area contributed by atoms with E-state index in [1.165, 1.54) is 0 Å². The lowest BCUT2D eigenvalue weighted by Gasteiger charge is -2.03. The molecule has 1 aromatic carbocycles. The first-order valence-corrected chi connectivity index (χ1v) is 3.73. The summed E-state index contributed by atoms with van der Waals surface area (Å²) in [5.41, 5.74) is 12.9. The van der Waals surface area contributed by atoms with Crippen LogP contribution < -0.4 is 11.5 Å². The van der Waals surface area contributed by atoms with E-state index in [-0.39, 0.29) is 5.78 Å². The van der Waals surface area contributed by atoms with Crippen molar-refractivity contribution in [3.8, 4) is 0 Å². The van der Waals surface area contributed by atoms with Crippen LogP contribution in [0.4, 0.5) is 5.69 Å². The lowest BCUT2D eigenvalue weighted by atomic mass is 10.2. The van der Waals surface area contributed by atoms with E-state index in [1.807, 2.05) is 24.3 Å². The van der Waals surface area contributed by atoms with Crippen molar-refractivity contribution >= 4 is 14.9 Å². The van der Waals surface area contributed by atoms with E-state index in [0.717, 1.165) is 11.3 Å². The number of nitrogen functional groups attached to an aromatic ring is 1. The summed E-state index contributed by atoms with van der Waals surface area (Å²) in [7, 11) is 2.53. The lowest BCUT2D eigenvalue weighted by Crippen LogP contribution is -2.00. The van der Waals surface area contributed by atoms with Crippen molar-refractivity contribution in [2.75, 3.05) is 5.73 Å². The first-order valence-electron chi connectivity index (χ1n) is 3.07. The zero-order chi connectivity index (χ0) is 7.56. The molecule has 0 aromatic heterocycles. The molecule has 0 radical (unpaired) electrons. The van der Waals surface area contributed by atoms with E-state index in [2.05, 4.69) is 9.24 Å². The van der Waals surface area contributed by atoms with E-state index in [4.69, 9.17) is 11.5 Å². The third-order valence-electron chi connectivity index (χ3n) is 1.32. The molecule has 10 heavy (non-hydrogen) atoms. The quantitative estimate of drug-likeness (QED) is 0.470. The van der Waals surface area contributed by atoms with Gasteiger partial charge in [0.2, 0.25) is 0 Å². The van der Waals surface area contributed by atoms with Crippen LogP contribution in [-0.4, -0.2) is 0 Å². The van der Waals surface area contributed by atoms with Gasteiger partial charge >= 0.3 is 0 Å². The average Bonchev–Trinajstić information content (AvgIpc) is 1.88. The van der Waals surface area contributed by atoms with Crippen LogP contribution in [0.2, 0.25) is 0 Å². The second kappa shape index (κ2) is 3.00. The van der Waals surface area contributed by atoms with E-state index in [0.29, 0.717) is 0 Å². The van der Waals surface area contributed by atoms with Gasteiger partial charge in [-0.05, 0) is 17.7 Å². The number of anilines is 1. The molecule has 0 saturated heterocycles. The first kappa shape index (κ1) is 7.52. The maximum absolute atomic E-state index is 5.59. The molecule has 2 nitrogen and oxygen atoms in total. The number of nitrogens with two attached hydrogens (primary N) is 2. The normalized spacial score (nSPS) is 13.0. The summed E-state index contributed by atoms with van der Waals surface area (Å²) in [5.74, 6) is 0.0144. The van der Waals surface area contributed by atoms with Gasteiger partial charge in [0.05, 0.1) is 0 Å². The van der Waals surface area contributed by atoms with Crippen molar-refractivity contribution in [3.63, 3.8) is 0 Å². The maximum Gasteiger partial charge on any atom is 0.0438 e. The molecule has 0 saturated carbocycles. The molecule has 0 aliphatic carbocycles. The molecule has 0 aliphatic heterocycles. The van der Waals surface area contributed by atoms with Crippen LogP contribution in [0.3, 0.4) is 0 Å². The molecule has 4 N–H and O–H groups in total. The minimum absolute atomic E-state index is 0.0144. The number of hydrogen-bond acceptors (Lipinski definition) is 2. The van der Waals surface area contributed by atoms with Crippen molar-refractivity contribution in [1.29, 1.82) is 0 Å². The van der Waals surface area contributed by atoms with Gasteiger partial charge in [-0.3, -0.25) is 0 Å². The Balaban J connectivity index is 2.89. The smallest absolute Gasteiger partial charge is 0.0438 e. The summed E-state index contributed by atoms with van der Waals surface area (Å²) < 4.78 is 0. The molecule has 0 amide bonds. The van der Waals surface area contributed by atoms with Gasteiger partial charge in [0.1, 0.15) is 0 Å². The van der Waals surface area contributed by atoms with E-state index < -0.39 is 0 Å². The fraction of sp³-hybridized carbons (Fsp3) is 0.143. The van der Waals surface area contributed by atoms with E-state index >= 15 is 0 Å². The summed E-state index contributed by atoms with van der Waals surface area (Å²) in [6.07, 6.45) is 0. The molecule has 2 unspecified atom stereocenters. The van der Waals surface area contributed by atoms with Crippen molar-refractivity contribution in [2.45, 2.75) is 5.78 Å². The molecule has 0 bridgehead atoms. The third-order valence-corrected chi connectivity index (χ3v) is 1.71. The second-order valence-corrected chi connectivity index (χ2v) is 2.91. The predicted molar refractivity (Wildman–Crippen MR) is 47.5 cm³/mol. The third kappa shape index (κ3) is 1.69. The molecule has 3 heteroatoms. The van der Waals surface area contributed by atoms with Gasteiger partial charge in [-0.15, -0.1) is 9.24 Å². The fourth-order valence-electron chi connectivity index (χ4n) is 0.718. The highest BCUT2D eigenvalue weighted by Gasteiger charge is 1.95. The van der Waals surface area contributed by atoms with Crippen LogP contribution in [0, 0.1) is 0 Å². The predicted octanol–water partition coefficient (Wildman–Crippen LogP) is 1.10. The highest BCUT2D eigenvalue weighted by atomic mass is 31.0. The summed E-state index contributed by atoms with van der Waals surface area (Å²) in [6, 6.07) is 7.54. The number of rotatable bonds is 1. The van der Waals surface area contributed by atoms with Crippen molar-refractivity contribution in [3.05, 3.63) is 29.8 Å². The monoisotopic (exact) mass is 154 g/mol. The Morgan fingerprint density at radius 2 is 1.70 bits per heavy atom. The van der Waals surface area contributed by atoms with Gasteiger partial charge in [-0.1, -0.05) is 12.1 Å². The summed E-state index contributed by atoms with van der Waals surface area (Å²) >= 11 is 0. The molecule has 54 valence electrons.